The quantitative estimate of drug-likeness (QED) is 0.121. The van der Waals surface area contributed by atoms with Crippen LogP contribution in [0, 0.1) is 5.92 Å². The van der Waals surface area contributed by atoms with E-state index in [1.165, 1.54) is 23.4 Å². The average molecular weight is 428 g/mol. The number of aliphatic hydroxyl groups is 1. The molecule has 168 valence electrons. The van der Waals surface area contributed by atoms with Gasteiger partial charge in [-0.1, -0.05) is 12.2 Å². The zero-order valence-corrected chi connectivity index (χ0v) is 18.0. The molecule has 0 aromatic carbocycles. The van der Waals surface area contributed by atoms with Gasteiger partial charge in [-0.25, -0.2) is 10.4 Å². The van der Waals surface area contributed by atoms with E-state index in [4.69, 9.17) is 16.8 Å². The van der Waals surface area contributed by atoms with E-state index < -0.39 is 0 Å². The predicted molar refractivity (Wildman–Crippen MR) is 121 cm³/mol. The molecule has 1 unspecified atom stereocenters. The summed E-state index contributed by atoms with van der Waals surface area (Å²) in [4.78, 5) is 12.8. The number of amides is 1. The van der Waals surface area contributed by atoms with E-state index in [-0.39, 0.29) is 25.5 Å². The highest BCUT2D eigenvalue weighted by Crippen LogP contribution is 2.30. The number of fused-ring (bicyclic) bond motifs is 1. The summed E-state index contributed by atoms with van der Waals surface area (Å²) >= 11 is 0. The number of aliphatic hydroxyl groups excluding tert-OH is 1. The Balaban J connectivity index is 1.58. The van der Waals surface area contributed by atoms with E-state index in [9.17, 15) is 4.79 Å². The first-order valence-electron chi connectivity index (χ1n) is 10.8. The fourth-order valence-corrected chi connectivity index (χ4v) is 4.17. The summed E-state index contributed by atoms with van der Waals surface area (Å²) in [6.07, 6.45) is 8.91. The van der Waals surface area contributed by atoms with Crippen LogP contribution >= 0.6 is 0 Å². The van der Waals surface area contributed by atoms with Crippen LogP contribution in [0.15, 0.2) is 41.6 Å². The number of amidine groups is 1. The van der Waals surface area contributed by atoms with Gasteiger partial charge in [0.15, 0.2) is 0 Å². The number of aromatic nitrogens is 2. The van der Waals surface area contributed by atoms with E-state index >= 15 is 0 Å². The van der Waals surface area contributed by atoms with Crippen LogP contribution in [0.4, 0.5) is 0 Å². The standard InChI is InChI=1S/C22H33N7O2/c1-16-5-2-6-17(13-16)7-3-10-25-22(31)19-8-4-11-29-20(19)14-18(27-29)15-28(24)21(26-23)9-12-30/h4,8,11,14,17,30H,1-3,5-7,9-10,12-13,15,23-24H2,(H,25,31)/b26-21-. The van der Waals surface area contributed by atoms with Gasteiger partial charge >= 0.3 is 0 Å². The van der Waals surface area contributed by atoms with Gasteiger partial charge < -0.3 is 16.3 Å². The van der Waals surface area contributed by atoms with Crippen LogP contribution in [-0.4, -0.2) is 44.6 Å². The van der Waals surface area contributed by atoms with Crippen molar-refractivity contribution in [1.29, 1.82) is 0 Å². The number of nitrogens with two attached hydrogens (primary N) is 2. The van der Waals surface area contributed by atoms with Crippen molar-refractivity contribution >= 4 is 17.3 Å². The lowest BCUT2D eigenvalue weighted by molar-refractivity contribution is 0.0953. The first-order valence-corrected chi connectivity index (χ1v) is 10.8. The molecular formula is C22H33N7O2. The third-order valence-corrected chi connectivity index (χ3v) is 5.74. The van der Waals surface area contributed by atoms with Gasteiger partial charge in [0.25, 0.3) is 5.91 Å². The third kappa shape index (κ3) is 6.05. The van der Waals surface area contributed by atoms with Crippen LogP contribution in [0.2, 0.25) is 0 Å². The second kappa shape index (κ2) is 10.9. The minimum Gasteiger partial charge on any atom is -0.396 e. The SMILES string of the molecule is C=C1CCCC(CCCNC(=O)c2cccn3nc(CN(N)/C(CCO)=N\N)cc23)C1. The molecule has 9 nitrogen and oxygen atoms in total. The molecule has 1 aliphatic rings. The maximum Gasteiger partial charge on any atom is 0.253 e. The second-order valence-electron chi connectivity index (χ2n) is 8.14. The molecule has 1 fully saturated rings. The monoisotopic (exact) mass is 427 g/mol. The van der Waals surface area contributed by atoms with Crippen molar-refractivity contribution in [2.75, 3.05) is 13.2 Å². The van der Waals surface area contributed by atoms with E-state index in [0.717, 1.165) is 25.7 Å². The highest BCUT2D eigenvalue weighted by Gasteiger charge is 2.17. The van der Waals surface area contributed by atoms with Gasteiger partial charge in [0.2, 0.25) is 0 Å². The van der Waals surface area contributed by atoms with Crippen molar-refractivity contribution in [3.63, 3.8) is 0 Å². The molecule has 31 heavy (non-hydrogen) atoms. The average Bonchev–Trinajstić information content (AvgIpc) is 3.17. The number of hydrogen-bond donors (Lipinski definition) is 4. The van der Waals surface area contributed by atoms with Crippen molar-refractivity contribution in [2.24, 2.45) is 22.7 Å². The lowest BCUT2D eigenvalue weighted by atomic mass is 9.83. The first-order chi connectivity index (χ1) is 15.0. The van der Waals surface area contributed by atoms with Crippen molar-refractivity contribution in [3.05, 3.63) is 47.8 Å². The zero-order valence-electron chi connectivity index (χ0n) is 18.0. The van der Waals surface area contributed by atoms with Crippen molar-refractivity contribution in [2.45, 2.75) is 51.5 Å². The maximum atomic E-state index is 12.8. The fraction of sp³-hybridized carbons (Fsp3) is 0.500. The number of hydrazone groups is 1. The molecule has 1 saturated carbocycles. The van der Waals surface area contributed by atoms with Crippen LogP contribution in [0.3, 0.4) is 0 Å². The van der Waals surface area contributed by atoms with Gasteiger partial charge in [-0.05, 0) is 62.6 Å². The van der Waals surface area contributed by atoms with Gasteiger partial charge in [-0.2, -0.15) is 10.2 Å². The molecular weight excluding hydrogens is 394 g/mol. The molecule has 0 saturated heterocycles. The van der Waals surface area contributed by atoms with Crippen molar-refractivity contribution in [3.8, 4) is 0 Å². The van der Waals surface area contributed by atoms with Crippen molar-refractivity contribution < 1.29 is 9.90 Å². The topological polar surface area (TPSA) is 134 Å². The minimum absolute atomic E-state index is 0.102. The Kier molecular flexibility index (Phi) is 8.02. The molecule has 2 aromatic heterocycles. The number of carbonyl (C=O) groups excluding carboxylic acids is 1. The molecule has 0 aliphatic heterocycles. The summed E-state index contributed by atoms with van der Waals surface area (Å²) in [6, 6.07) is 5.42. The second-order valence-corrected chi connectivity index (χ2v) is 8.14. The summed E-state index contributed by atoms with van der Waals surface area (Å²) in [5.74, 6) is 12.3. The largest absolute Gasteiger partial charge is 0.396 e. The number of carbonyl (C=O) groups is 1. The molecule has 1 atom stereocenters. The number of rotatable bonds is 9. The normalized spacial score (nSPS) is 17.2. The summed E-state index contributed by atoms with van der Waals surface area (Å²) in [7, 11) is 0. The van der Waals surface area contributed by atoms with E-state index in [1.54, 1.807) is 22.8 Å². The molecule has 6 N–H and O–H groups in total. The molecule has 0 bridgehead atoms. The molecule has 9 heteroatoms. The Morgan fingerprint density at radius 2 is 2.32 bits per heavy atom. The highest BCUT2D eigenvalue weighted by molar-refractivity contribution is 6.00. The number of nitrogens with one attached hydrogen (secondary N) is 1. The lowest BCUT2D eigenvalue weighted by Gasteiger charge is -2.23. The smallest absolute Gasteiger partial charge is 0.253 e. The molecule has 3 rings (SSSR count). The number of pyridine rings is 1. The number of hydrogen-bond acceptors (Lipinski definition) is 6. The van der Waals surface area contributed by atoms with Gasteiger partial charge in [0, 0.05) is 19.2 Å². The Labute approximate surface area is 182 Å². The minimum atomic E-state index is -0.112. The van der Waals surface area contributed by atoms with Gasteiger partial charge in [-0.15, -0.1) is 0 Å². The third-order valence-electron chi connectivity index (χ3n) is 5.74. The van der Waals surface area contributed by atoms with Crippen LogP contribution in [0.5, 0.6) is 0 Å². The highest BCUT2D eigenvalue weighted by atomic mass is 16.3. The van der Waals surface area contributed by atoms with E-state index in [2.05, 4.69) is 22.1 Å². The van der Waals surface area contributed by atoms with Gasteiger partial charge in [0.1, 0.15) is 5.84 Å². The van der Waals surface area contributed by atoms with Crippen LogP contribution in [0.25, 0.3) is 5.52 Å². The number of nitrogens with zero attached hydrogens (tertiary/aromatic N) is 4. The Morgan fingerprint density at radius 1 is 1.48 bits per heavy atom. The number of hydrazine groups is 1. The zero-order chi connectivity index (χ0) is 22.2. The van der Waals surface area contributed by atoms with Crippen LogP contribution in [-0.2, 0) is 6.54 Å². The van der Waals surface area contributed by atoms with Crippen LogP contribution < -0.4 is 17.0 Å². The molecule has 2 aromatic rings. The maximum absolute atomic E-state index is 12.8. The van der Waals surface area contributed by atoms with E-state index in [0.29, 0.717) is 35.1 Å². The number of allylic oxidation sites excluding steroid dienone is 1. The van der Waals surface area contributed by atoms with E-state index in [1.807, 2.05) is 6.07 Å². The molecule has 1 amide bonds. The molecule has 1 aliphatic carbocycles. The first kappa shape index (κ1) is 22.8. The van der Waals surface area contributed by atoms with Gasteiger partial charge in [0.05, 0.1) is 29.9 Å². The Morgan fingerprint density at radius 3 is 3.06 bits per heavy atom. The van der Waals surface area contributed by atoms with Gasteiger partial charge in [-0.3, -0.25) is 9.80 Å². The predicted octanol–water partition coefficient (Wildman–Crippen LogP) is 1.92. The summed E-state index contributed by atoms with van der Waals surface area (Å²) < 4.78 is 1.66. The Hall–Kier alpha value is -2.91. The summed E-state index contributed by atoms with van der Waals surface area (Å²) in [6.45, 7) is 4.92. The molecule has 0 radical (unpaired) electrons. The summed E-state index contributed by atoms with van der Waals surface area (Å²) in [5.41, 5.74) is 3.31. The lowest BCUT2D eigenvalue weighted by Crippen LogP contribution is -2.38. The Bertz CT molecular complexity index is 937. The molecule has 2 heterocycles. The van der Waals surface area contributed by atoms with Crippen LogP contribution in [0.1, 0.15) is 61.0 Å². The summed E-state index contributed by atoms with van der Waals surface area (Å²) in [5, 5.41) is 21.6. The van der Waals surface area contributed by atoms with Crippen molar-refractivity contribution in [1.82, 2.24) is 19.9 Å². The fourth-order valence-electron chi connectivity index (χ4n) is 4.17. The molecule has 0 spiro atoms.